The summed E-state index contributed by atoms with van der Waals surface area (Å²) in [5.41, 5.74) is 3.42. The predicted molar refractivity (Wildman–Crippen MR) is 104 cm³/mol. The minimum absolute atomic E-state index is 0.335. The number of sulfonamides is 1. The minimum Gasteiger partial charge on any atom is -0.371 e. The SMILES string of the molecule is Cc1ccc(C)c(S(=O)(=O)Nc2ccc(N3CCCC(C)C3)cc2)c1. The van der Waals surface area contributed by atoms with Crippen LogP contribution in [0.4, 0.5) is 11.4 Å². The number of hydrogen-bond acceptors (Lipinski definition) is 3. The van der Waals surface area contributed by atoms with Crippen molar-refractivity contribution in [3.63, 3.8) is 0 Å². The van der Waals surface area contributed by atoms with Crippen molar-refractivity contribution in [2.75, 3.05) is 22.7 Å². The lowest BCUT2D eigenvalue weighted by Gasteiger charge is -2.32. The van der Waals surface area contributed by atoms with E-state index in [1.165, 1.54) is 12.8 Å². The molecule has 1 aliphatic rings. The summed E-state index contributed by atoms with van der Waals surface area (Å²) in [6.45, 7) is 8.12. The van der Waals surface area contributed by atoms with Crippen LogP contribution in [-0.2, 0) is 10.0 Å². The van der Waals surface area contributed by atoms with Crippen LogP contribution in [0.25, 0.3) is 0 Å². The number of benzene rings is 2. The number of piperidine rings is 1. The number of nitrogens with zero attached hydrogens (tertiary/aromatic N) is 1. The molecule has 1 fully saturated rings. The lowest BCUT2D eigenvalue weighted by molar-refractivity contribution is 0.447. The highest BCUT2D eigenvalue weighted by molar-refractivity contribution is 7.92. The fraction of sp³-hybridized carbons (Fsp3) is 0.400. The first-order chi connectivity index (χ1) is 11.8. The van der Waals surface area contributed by atoms with E-state index in [1.54, 1.807) is 6.07 Å². The van der Waals surface area contributed by atoms with Crippen molar-refractivity contribution in [2.45, 2.75) is 38.5 Å². The molecule has 1 unspecified atom stereocenters. The lowest BCUT2D eigenvalue weighted by atomic mass is 10.00. The van der Waals surface area contributed by atoms with Gasteiger partial charge in [0.1, 0.15) is 0 Å². The highest BCUT2D eigenvalue weighted by Crippen LogP contribution is 2.26. The van der Waals surface area contributed by atoms with Gasteiger partial charge in [-0.05, 0) is 74.1 Å². The Hall–Kier alpha value is -2.01. The van der Waals surface area contributed by atoms with Crippen LogP contribution in [-0.4, -0.2) is 21.5 Å². The van der Waals surface area contributed by atoms with E-state index in [2.05, 4.69) is 16.5 Å². The van der Waals surface area contributed by atoms with Crippen LogP contribution in [0.2, 0.25) is 0 Å². The summed E-state index contributed by atoms with van der Waals surface area (Å²) < 4.78 is 28.1. The second kappa shape index (κ2) is 7.08. The molecule has 134 valence electrons. The smallest absolute Gasteiger partial charge is 0.262 e. The standard InChI is InChI=1S/C20H26N2O2S/c1-15-6-7-17(3)20(13-15)25(23,24)21-18-8-10-19(11-9-18)22-12-4-5-16(2)14-22/h6-11,13,16,21H,4-5,12,14H2,1-3H3. The van der Waals surface area contributed by atoms with Crippen molar-refractivity contribution >= 4 is 21.4 Å². The molecule has 2 aromatic rings. The Balaban J connectivity index is 1.77. The minimum atomic E-state index is -3.58. The topological polar surface area (TPSA) is 49.4 Å². The number of nitrogens with one attached hydrogen (secondary N) is 1. The molecular weight excluding hydrogens is 332 g/mol. The van der Waals surface area contributed by atoms with Gasteiger partial charge < -0.3 is 4.90 Å². The average Bonchev–Trinajstić information content (AvgIpc) is 2.57. The van der Waals surface area contributed by atoms with Crippen LogP contribution in [0.1, 0.15) is 30.9 Å². The summed E-state index contributed by atoms with van der Waals surface area (Å²) in [6, 6.07) is 13.2. The zero-order chi connectivity index (χ0) is 18.0. The lowest BCUT2D eigenvalue weighted by Crippen LogP contribution is -2.34. The Morgan fingerprint density at radius 3 is 2.48 bits per heavy atom. The van der Waals surface area contributed by atoms with Gasteiger partial charge in [0.25, 0.3) is 10.0 Å². The maximum absolute atomic E-state index is 12.7. The number of anilines is 2. The summed E-state index contributed by atoms with van der Waals surface area (Å²) in [6.07, 6.45) is 2.49. The third-order valence-corrected chi connectivity index (χ3v) is 6.30. The summed E-state index contributed by atoms with van der Waals surface area (Å²) in [5, 5.41) is 0. The summed E-state index contributed by atoms with van der Waals surface area (Å²) in [4.78, 5) is 2.71. The van der Waals surface area contributed by atoms with Crippen molar-refractivity contribution in [1.82, 2.24) is 0 Å². The van der Waals surface area contributed by atoms with Gasteiger partial charge in [0.2, 0.25) is 0 Å². The third-order valence-electron chi connectivity index (χ3n) is 4.77. The zero-order valence-corrected chi connectivity index (χ0v) is 15.9. The summed E-state index contributed by atoms with van der Waals surface area (Å²) in [7, 11) is -3.58. The number of aryl methyl sites for hydroxylation is 2. The van der Waals surface area contributed by atoms with Crippen molar-refractivity contribution in [1.29, 1.82) is 0 Å². The molecule has 1 saturated heterocycles. The van der Waals surface area contributed by atoms with E-state index in [9.17, 15) is 8.42 Å². The molecule has 0 aromatic heterocycles. The third kappa shape index (κ3) is 4.15. The van der Waals surface area contributed by atoms with Crippen LogP contribution in [0.15, 0.2) is 47.4 Å². The first kappa shape index (κ1) is 17.8. The summed E-state index contributed by atoms with van der Waals surface area (Å²) in [5.74, 6) is 0.705. The quantitative estimate of drug-likeness (QED) is 0.884. The van der Waals surface area contributed by atoms with Gasteiger partial charge in [-0.3, -0.25) is 4.72 Å². The largest absolute Gasteiger partial charge is 0.371 e. The first-order valence-corrected chi connectivity index (χ1v) is 10.3. The van der Waals surface area contributed by atoms with E-state index in [0.29, 0.717) is 16.5 Å². The maximum Gasteiger partial charge on any atom is 0.262 e. The highest BCUT2D eigenvalue weighted by atomic mass is 32.2. The molecule has 0 spiro atoms. The van der Waals surface area contributed by atoms with Crippen LogP contribution in [0.5, 0.6) is 0 Å². The molecule has 0 bridgehead atoms. The number of rotatable bonds is 4. The fourth-order valence-corrected chi connectivity index (χ4v) is 4.76. The van der Waals surface area contributed by atoms with Crippen molar-refractivity contribution in [3.8, 4) is 0 Å². The van der Waals surface area contributed by atoms with E-state index in [1.807, 2.05) is 50.2 Å². The van der Waals surface area contributed by atoms with E-state index < -0.39 is 10.0 Å². The molecule has 0 saturated carbocycles. The maximum atomic E-state index is 12.7. The van der Waals surface area contributed by atoms with Gasteiger partial charge in [-0.25, -0.2) is 8.42 Å². The van der Waals surface area contributed by atoms with E-state index >= 15 is 0 Å². The van der Waals surface area contributed by atoms with Crippen LogP contribution in [0, 0.1) is 19.8 Å². The Bertz CT molecular complexity index is 844. The Kier molecular flexibility index (Phi) is 5.04. The molecule has 1 atom stereocenters. The number of hydrogen-bond donors (Lipinski definition) is 1. The molecule has 1 aliphatic heterocycles. The average molecular weight is 359 g/mol. The molecule has 1 N–H and O–H groups in total. The van der Waals surface area contributed by atoms with E-state index in [4.69, 9.17) is 0 Å². The molecule has 25 heavy (non-hydrogen) atoms. The molecule has 2 aromatic carbocycles. The molecule has 5 heteroatoms. The van der Waals surface area contributed by atoms with Gasteiger partial charge in [0.05, 0.1) is 4.90 Å². The molecule has 1 heterocycles. The van der Waals surface area contributed by atoms with Crippen LogP contribution < -0.4 is 9.62 Å². The fourth-order valence-electron chi connectivity index (χ4n) is 3.37. The predicted octanol–water partition coefficient (Wildman–Crippen LogP) is 4.34. The van der Waals surface area contributed by atoms with Gasteiger partial charge in [-0.1, -0.05) is 19.1 Å². The van der Waals surface area contributed by atoms with Gasteiger partial charge in [-0.15, -0.1) is 0 Å². The van der Waals surface area contributed by atoms with Gasteiger partial charge >= 0.3 is 0 Å². The Morgan fingerprint density at radius 2 is 1.80 bits per heavy atom. The molecule has 0 aliphatic carbocycles. The molecule has 0 radical (unpaired) electrons. The Labute approximate surface area is 150 Å². The van der Waals surface area contributed by atoms with Crippen LogP contribution in [0.3, 0.4) is 0 Å². The van der Waals surface area contributed by atoms with Crippen LogP contribution >= 0.6 is 0 Å². The van der Waals surface area contributed by atoms with Gasteiger partial charge in [-0.2, -0.15) is 0 Å². The second-order valence-corrected chi connectivity index (χ2v) is 8.77. The van der Waals surface area contributed by atoms with E-state index in [0.717, 1.165) is 29.9 Å². The summed E-state index contributed by atoms with van der Waals surface area (Å²) >= 11 is 0. The molecule has 3 rings (SSSR count). The second-order valence-electron chi connectivity index (χ2n) is 7.11. The highest BCUT2D eigenvalue weighted by Gasteiger charge is 2.19. The van der Waals surface area contributed by atoms with Gasteiger partial charge in [0.15, 0.2) is 0 Å². The monoisotopic (exact) mass is 358 g/mol. The van der Waals surface area contributed by atoms with Crippen molar-refractivity contribution < 1.29 is 8.42 Å². The Morgan fingerprint density at radius 1 is 1.08 bits per heavy atom. The van der Waals surface area contributed by atoms with E-state index in [-0.39, 0.29) is 0 Å². The molecular formula is C20H26N2O2S. The molecule has 4 nitrogen and oxygen atoms in total. The van der Waals surface area contributed by atoms with Crippen molar-refractivity contribution in [2.24, 2.45) is 5.92 Å². The molecule has 0 amide bonds. The first-order valence-electron chi connectivity index (χ1n) is 8.80. The zero-order valence-electron chi connectivity index (χ0n) is 15.1. The van der Waals surface area contributed by atoms with Gasteiger partial charge in [0, 0.05) is 24.5 Å². The van der Waals surface area contributed by atoms with Crippen molar-refractivity contribution in [3.05, 3.63) is 53.6 Å². The normalized spacial score (nSPS) is 18.2.